The van der Waals surface area contributed by atoms with Crippen molar-refractivity contribution in [2.45, 2.75) is 38.6 Å². The molecule has 0 spiro atoms. The van der Waals surface area contributed by atoms with Crippen LogP contribution in [0.5, 0.6) is 5.75 Å². The molecule has 0 radical (unpaired) electrons. The number of nitrogens with zero attached hydrogens (tertiary/aromatic N) is 4. The quantitative estimate of drug-likeness (QED) is 0.482. The minimum atomic E-state index is -0.00875. The van der Waals surface area contributed by atoms with Crippen LogP contribution in [0.1, 0.15) is 43.7 Å². The molecule has 1 atom stereocenters. The molecule has 5 rings (SSSR count). The fourth-order valence-electron chi connectivity index (χ4n) is 4.65. The number of hydrogen-bond acceptors (Lipinski definition) is 7. The number of fused-ring (bicyclic) bond motifs is 1. The van der Waals surface area contributed by atoms with E-state index in [-0.39, 0.29) is 17.9 Å². The van der Waals surface area contributed by atoms with Gasteiger partial charge < -0.3 is 19.5 Å². The summed E-state index contributed by atoms with van der Waals surface area (Å²) in [5.74, 6) is 2.17. The average Bonchev–Trinajstić information content (AvgIpc) is 3.42. The fraction of sp³-hybridized carbons (Fsp3) is 0.407. The Hall–Kier alpha value is -3.72. The number of piperazine rings is 1. The van der Waals surface area contributed by atoms with Crippen LogP contribution >= 0.6 is 0 Å². The van der Waals surface area contributed by atoms with Crippen LogP contribution < -0.4 is 10.1 Å². The van der Waals surface area contributed by atoms with E-state index in [0.29, 0.717) is 50.7 Å². The van der Waals surface area contributed by atoms with E-state index in [0.717, 1.165) is 42.1 Å². The van der Waals surface area contributed by atoms with Crippen LogP contribution in [0.3, 0.4) is 0 Å². The van der Waals surface area contributed by atoms with Crippen molar-refractivity contribution in [3.8, 4) is 17.1 Å². The molecule has 1 fully saturated rings. The fourth-order valence-corrected chi connectivity index (χ4v) is 4.65. The second-order valence-corrected chi connectivity index (χ2v) is 9.23. The highest BCUT2D eigenvalue weighted by atomic mass is 16.5. The zero-order valence-electron chi connectivity index (χ0n) is 20.5. The monoisotopic (exact) mass is 489 g/mol. The SMILES string of the molecule is CC(c1nc(-c2ccccc2)no1)N1CCN(C(=O)CCCOc2ccc3c(c2)CCC(=O)N3)CC1. The Kier molecular flexibility index (Phi) is 7.27. The molecule has 0 bridgehead atoms. The zero-order chi connectivity index (χ0) is 24.9. The summed E-state index contributed by atoms with van der Waals surface area (Å²) in [6.07, 6.45) is 2.34. The molecule has 1 aromatic heterocycles. The number of anilines is 1. The predicted octanol–water partition coefficient (Wildman–Crippen LogP) is 3.69. The lowest BCUT2D eigenvalue weighted by Gasteiger charge is -2.36. The molecule has 3 aromatic rings. The highest BCUT2D eigenvalue weighted by Gasteiger charge is 2.27. The molecule has 2 aromatic carbocycles. The second-order valence-electron chi connectivity index (χ2n) is 9.23. The molecule has 9 heteroatoms. The van der Waals surface area contributed by atoms with Crippen molar-refractivity contribution in [2.24, 2.45) is 0 Å². The van der Waals surface area contributed by atoms with Crippen LogP contribution in [0.2, 0.25) is 0 Å². The molecule has 36 heavy (non-hydrogen) atoms. The molecule has 3 heterocycles. The summed E-state index contributed by atoms with van der Waals surface area (Å²) in [4.78, 5) is 33.0. The van der Waals surface area contributed by atoms with Crippen molar-refractivity contribution in [3.63, 3.8) is 0 Å². The summed E-state index contributed by atoms with van der Waals surface area (Å²) in [5, 5.41) is 7.00. The topological polar surface area (TPSA) is 101 Å². The first-order valence-corrected chi connectivity index (χ1v) is 12.5. The number of carbonyl (C=O) groups excluding carboxylic acids is 2. The first kappa shape index (κ1) is 24.0. The van der Waals surface area contributed by atoms with Gasteiger partial charge in [-0.05, 0) is 43.5 Å². The first-order valence-electron chi connectivity index (χ1n) is 12.5. The van der Waals surface area contributed by atoms with Gasteiger partial charge in [-0.3, -0.25) is 14.5 Å². The maximum atomic E-state index is 12.7. The summed E-state index contributed by atoms with van der Waals surface area (Å²) < 4.78 is 11.4. The van der Waals surface area contributed by atoms with Gasteiger partial charge in [-0.25, -0.2) is 0 Å². The summed E-state index contributed by atoms with van der Waals surface area (Å²) in [6, 6.07) is 15.5. The van der Waals surface area contributed by atoms with Gasteiger partial charge in [0, 0.05) is 50.3 Å². The van der Waals surface area contributed by atoms with Gasteiger partial charge in [0.2, 0.25) is 23.5 Å². The van der Waals surface area contributed by atoms with Gasteiger partial charge in [-0.2, -0.15) is 4.98 Å². The van der Waals surface area contributed by atoms with Crippen LogP contribution in [-0.4, -0.2) is 64.5 Å². The number of ether oxygens (including phenoxy) is 1. The summed E-state index contributed by atoms with van der Waals surface area (Å²) in [5.41, 5.74) is 2.88. The molecule has 2 aliphatic rings. The van der Waals surface area contributed by atoms with E-state index in [4.69, 9.17) is 9.26 Å². The number of benzene rings is 2. The van der Waals surface area contributed by atoms with Crippen molar-refractivity contribution in [1.82, 2.24) is 19.9 Å². The molecule has 1 N–H and O–H groups in total. The van der Waals surface area contributed by atoms with Crippen molar-refractivity contribution in [3.05, 3.63) is 60.0 Å². The van der Waals surface area contributed by atoms with E-state index < -0.39 is 0 Å². The Labute approximate surface area is 210 Å². The first-order chi connectivity index (χ1) is 17.6. The van der Waals surface area contributed by atoms with E-state index in [9.17, 15) is 9.59 Å². The summed E-state index contributed by atoms with van der Waals surface area (Å²) >= 11 is 0. The van der Waals surface area contributed by atoms with Gasteiger partial charge >= 0.3 is 0 Å². The molecule has 2 aliphatic heterocycles. The molecule has 0 saturated carbocycles. The van der Waals surface area contributed by atoms with Gasteiger partial charge in [0.1, 0.15) is 5.75 Å². The lowest BCUT2D eigenvalue weighted by Crippen LogP contribution is -2.49. The highest BCUT2D eigenvalue weighted by Crippen LogP contribution is 2.27. The van der Waals surface area contributed by atoms with Crippen LogP contribution in [-0.2, 0) is 16.0 Å². The maximum absolute atomic E-state index is 12.7. The van der Waals surface area contributed by atoms with Gasteiger partial charge in [0.25, 0.3) is 0 Å². The van der Waals surface area contributed by atoms with Crippen LogP contribution in [0, 0.1) is 0 Å². The van der Waals surface area contributed by atoms with E-state index in [2.05, 4.69) is 27.3 Å². The third-order valence-corrected chi connectivity index (χ3v) is 6.82. The lowest BCUT2D eigenvalue weighted by molar-refractivity contribution is -0.133. The van der Waals surface area contributed by atoms with Crippen LogP contribution in [0.15, 0.2) is 53.1 Å². The van der Waals surface area contributed by atoms with Gasteiger partial charge in [-0.1, -0.05) is 35.5 Å². The number of aryl methyl sites for hydroxylation is 1. The molecule has 0 aliphatic carbocycles. The van der Waals surface area contributed by atoms with Crippen molar-refractivity contribution < 1.29 is 18.8 Å². The minimum absolute atomic E-state index is 0.00875. The number of carbonyl (C=O) groups is 2. The van der Waals surface area contributed by atoms with Gasteiger partial charge in [0.05, 0.1) is 12.6 Å². The summed E-state index contributed by atoms with van der Waals surface area (Å²) in [6.45, 7) is 5.43. The van der Waals surface area contributed by atoms with Crippen LogP contribution in [0.25, 0.3) is 11.4 Å². The smallest absolute Gasteiger partial charge is 0.244 e. The zero-order valence-corrected chi connectivity index (χ0v) is 20.5. The normalized spacial score (nSPS) is 16.8. The van der Waals surface area contributed by atoms with E-state index >= 15 is 0 Å². The van der Waals surface area contributed by atoms with Crippen molar-refractivity contribution >= 4 is 17.5 Å². The largest absolute Gasteiger partial charge is 0.494 e. The minimum Gasteiger partial charge on any atom is -0.494 e. The predicted molar refractivity (Wildman–Crippen MR) is 134 cm³/mol. The number of hydrogen-bond donors (Lipinski definition) is 1. The third kappa shape index (κ3) is 5.57. The second kappa shape index (κ2) is 10.9. The standard InChI is InChI=1S/C27H31N5O4/c1-19(27-29-26(30-36-27)20-6-3-2-4-7-20)31-13-15-32(16-14-31)25(34)8-5-17-35-22-10-11-23-21(18-22)9-12-24(33)28-23/h2-4,6-7,10-11,18-19H,5,8-9,12-17H2,1H3,(H,28,33). The van der Waals surface area contributed by atoms with E-state index in [1.54, 1.807) is 0 Å². The molecular weight excluding hydrogens is 458 g/mol. The van der Waals surface area contributed by atoms with Crippen molar-refractivity contribution in [2.75, 3.05) is 38.1 Å². The van der Waals surface area contributed by atoms with Gasteiger partial charge in [0.15, 0.2) is 0 Å². The Bertz CT molecular complexity index is 1200. The number of amides is 2. The maximum Gasteiger partial charge on any atom is 0.244 e. The Balaban J connectivity index is 1.04. The Morgan fingerprint density at radius 2 is 1.92 bits per heavy atom. The Morgan fingerprint density at radius 3 is 2.72 bits per heavy atom. The van der Waals surface area contributed by atoms with Gasteiger partial charge in [-0.15, -0.1) is 0 Å². The molecule has 2 amide bonds. The number of nitrogens with one attached hydrogen (secondary N) is 1. The van der Waals surface area contributed by atoms with Crippen LogP contribution in [0.4, 0.5) is 5.69 Å². The molecule has 1 unspecified atom stereocenters. The number of rotatable bonds is 8. The highest BCUT2D eigenvalue weighted by molar-refractivity contribution is 5.94. The van der Waals surface area contributed by atoms with E-state index in [1.807, 2.05) is 53.4 Å². The Morgan fingerprint density at radius 1 is 1.11 bits per heavy atom. The molecule has 1 saturated heterocycles. The van der Waals surface area contributed by atoms with E-state index in [1.165, 1.54) is 0 Å². The molecule has 9 nitrogen and oxygen atoms in total. The molecule has 188 valence electrons. The average molecular weight is 490 g/mol. The lowest BCUT2D eigenvalue weighted by atomic mass is 10.0. The number of aromatic nitrogens is 2. The third-order valence-electron chi connectivity index (χ3n) is 6.82. The van der Waals surface area contributed by atoms with Crippen molar-refractivity contribution in [1.29, 1.82) is 0 Å². The summed E-state index contributed by atoms with van der Waals surface area (Å²) in [7, 11) is 0. The molecular formula is C27H31N5O4.